The second-order valence-electron chi connectivity index (χ2n) is 5.45. The fourth-order valence-electron chi connectivity index (χ4n) is 2.41. The number of hydrogen-bond acceptors (Lipinski definition) is 6. The molecule has 0 fully saturated rings. The highest BCUT2D eigenvalue weighted by Gasteiger charge is 2.50. The maximum absolute atomic E-state index is 12.5. The van der Waals surface area contributed by atoms with E-state index in [2.05, 4.69) is 5.32 Å². The minimum Gasteiger partial charge on any atom is -0.464 e. The van der Waals surface area contributed by atoms with Gasteiger partial charge in [-0.05, 0) is 25.0 Å². The van der Waals surface area contributed by atoms with Crippen LogP contribution in [0.2, 0.25) is 0 Å². The number of carbonyl (C=O) groups is 3. The standard InChI is InChI=1S/C18H25NO6/c1-5-24-16(21)18(19-13(3)20,17(22)25-6-2)11-14-7-9-15(10-8-14)12-23-4/h7-10H,5-6,11-12H2,1-4H3,(H,19,20). The number of benzene rings is 1. The quantitative estimate of drug-likeness (QED) is 0.534. The average molecular weight is 351 g/mol. The summed E-state index contributed by atoms with van der Waals surface area (Å²) >= 11 is 0. The minimum atomic E-state index is -1.92. The van der Waals surface area contributed by atoms with Gasteiger partial charge in [0, 0.05) is 20.5 Å². The monoisotopic (exact) mass is 351 g/mol. The van der Waals surface area contributed by atoms with Crippen LogP contribution in [0.3, 0.4) is 0 Å². The minimum absolute atomic E-state index is 0.0719. The summed E-state index contributed by atoms with van der Waals surface area (Å²) in [5.74, 6) is -2.22. The molecule has 0 spiro atoms. The SMILES string of the molecule is CCOC(=O)C(Cc1ccc(COC)cc1)(NC(C)=O)C(=O)OCC. The normalized spacial score (nSPS) is 10.9. The van der Waals surface area contributed by atoms with Crippen LogP contribution in [0.1, 0.15) is 31.9 Å². The molecular formula is C18H25NO6. The summed E-state index contributed by atoms with van der Waals surface area (Å²) in [6.45, 7) is 5.09. The predicted octanol–water partition coefficient (Wildman–Crippen LogP) is 1.38. The summed E-state index contributed by atoms with van der Waals surface area (Å²) in [5.41, 5.74) is -0.293. The van der Waals surface area contributed by atoms with Gasteiger partial charge in [0.2, 0.25) is 11.4 Å². The molecule has 1 amide bonds. The van der Waals surface area contributed by atoms with Crippen LogP contribution >= 0.6 is 0 Å². The van der Waals surface area contributed by atoms with Gasteiger partial charge >= 0.3 is 11.9 Å². The molecule has 1 aromatic rings. The molecule has 1 rings (SSSR count). The number of ether oxygens (including phenoxy) is 3. The van der Waals surface area contributed by atoms with Gasteiger partial charge in [0.1, 0.15) is 0 Å². The second-order valence-corrected chi connectivity index (χ2v) is 5.45. The summed E-state index contributed by atoms with van der Waals surface area (Å²) in [5, 5.41) is 2.44. The Balaban J connectivity index is 3.23. The third-order valence-electron chi connectivity index (χ3n) is 3.44. The van der Waals surface area contributed by atoms with Crippen molar-refractivity contribution in [2.75, 3.05) is 20.3 Å². The fraction of sp³-hybridized carbons (Fsp3) is 0.500. The van der Waals surface area contributed by atoms with E-state index in [-0.39, 0.29) is 19.6 Å². The molecule has 0 aliphatic rings. The van der Waals surface area contributed by atoms with Gasteiger partial charge in [-0.15, -0.1) is 0 Å². The lowest BCUT2D eigenvalue weighted by molar-refractivity contribution is -0.168. The van der Waals surface area contributed by atoms with Crippen LogP contribution < -0.4 is 5.32 Å². The smallest absolute Gasteiger partial charge is 0.344 e. The van der Waals surface area contributed by atoms with E-state index in [1.165, 1.54) is 6.92 Å². The van der Waals surface area contributed by atoms with Crippen LogP contribution in [0.25, 0.3) is 0 Å². The number of rotatable bonds is 9. The van der Waals surface area contributed by atoms with Crippen molar-refractivity contribution in [1.29, 1.82) is 0 Å². The van der Waals surface area contributed by atoms with E-state index in [1.54, 1.807) is 33.1 Å². The van der Waals surface area contributed by atoms with Crippen LogP contribution in [0.15, 0.2) is 24.3 Å². The molecule has 0 heterocycles. The number of nitrogens with one attached hydrogen (secondary N) is 1. The zero-order valence-electron chi connectivity index (χ0n) is 15.1. The van der Waals surface area contributed by atoms with Crippen molar-refractivity contribution in [3.05, 3.63) is 35.4 Å². The first kappa shape index (κ1) is 20.6. The molecule has 0 radical (unpaired) electrons. The molecule has 0 aliphatic heterocycles. The third kappa shape index (κ3) is 5.56. The molecule has 138 valence electrons. The molecule has 1 aromatic carbocycles. The first-order valence-corrected chi connectivity index (χ1v) is 8.09. The highest BCUT2D eigenvalue weighted by molar-refractivity contribution is 6.08. The molecule has 7 heteroatoms. The summed E-state index contributed by atoms with van der Waals surface area (Å²) in [4.78, 5) is 36.7. The van der Waals surface area contributed by atoms with Gasteiger partial charge < -0.3 is 19.5 Å². The molecule has 0 bridgehead atoms. The molecule has 0 aromatic heterocycles. The topological polar surface area (TPSA) is 90.9 Å². The van der Waals surface area contributed by atoms with Gasteiger partial charge in [-0.1, -0.05) is 24.3 Å². The fourth-order valence-corrected chi connectivity index (χ4v) is 2.41. The van der Waals surface area contributed by atoms with Crippen LogP contribution in [-0.2, 0) is 41.6 Å². The number of hydrogen-bond donors (Lipinski definition) is 1. The predicted molar refractivity (Wildman–Crippen MR) is 90.7 cm³/mol. The van der Waals surface area contributed by atoms with Crippen molar-refractivity contribution in [2.24, 2.45) is 0 Å². The van der Waals surface area contributed by atoms with E-state index >= 15 is 0 Å². The van der Waals surface area contributed by atoms with Gasteiger partial charge in [-0.2, -0.15) is 0 Å². The largest absolute Gasteiger partial charge is 0.464 e. The van der Waals surface area contributed by atoms with Gasteiger partial charge in [0.25, 0.3) is 0 Å². The summed E-state index contributed by atoms with van der Waals surface area (Å²) in [6, 6.07) is 7.19. The van der Waals surface area contributed by atoms with Crippen molar-refractivity contribution >= 4 is 17.8 Å². The molecule has 7 nitrogen and oxygen atoms in total. The lowest BCUT2D eigenvalue weighted by Crippen LogP contribution is -2.62. The van der Waals surface area contributed by atoms with E-state index in [0.717, 1.165) is 5.56 Å². The Morgan fingerprint density at radius 2 is 1.44 bits per heavy atom. The van der Waals surface area contributed by atoms with Gasteiger partial charge in [-0.25, -0.2) is 9.59 Å². The number of carbonyl (C=O) groups excluding carboxylic acids is 3. The molecular weight excluding hydrogens is 326 g/mol. The maximum Gasteiger partial charge on any atom is 0.344 e. The molecule has 0 aliphatic carbocycles. The Labute approximate surface area is 147 Å². The van der Waals surface area contributed by atoms with Crippen molar-refractivity contribution in [3.8, 4) is 0 Å². The van der Waals surface area contributed by atoms with E-state index in [0.29, 0.717) is 12.2 Å². The third-order valence-corrected chi connectivity index (χ3v) is 3.44. The molecule has 0 saturated carbocycles. The number of amides is 1. The van der Waals surface area contributed by atoms with E-state index in [9.17, 15) is 14.4 Å². The maximum atomic E-state index is 12.5. The van der Waals surface area contributed by atoms with Crippen LogP contribution in [0.4, 0.5) is 0 Å². The zero-order valence-corrected chi connectivity index (χ0v) is 15.1. The van der Waals surface area contributed by atoms with Crippen molar-refractivity contribution in [1.82, 2.24) is 5.32 Å². The van der Waals surface area contributed by atoms with Crippen LogP contribution in [0, 0.1) is 0 Å². The molecule has 0 unspecified atom stereocenters. The van der Waals surface area contributed by atoms with E-state index in [4.69, 9.17) is 14.2 Å². The Hall–Kier alpha value is -2.41. The second kappa shape index (κ2) is 9.78. The highest BCUT2D eigenvalue weighted by Crippen LogP contribution is 2.19. The van der Waals surface area contributed by atoms with Crippen molar-refractivity contribution in [2.45, 2.75) is 39.3 Å². The van der Waals surface area contributed by atoms with Crippen LogP contribution in [-0.4, -0.2) is 43.7 Å². The molecule has 1 N–H and O–H groups in total. The molecule has 0 saturated heterocycles. The van der Waals surface area contributed by atoms with Gasteiger partial charge in [-0.3, -0.25) is 4.79 Å². The molecule has 25 heavy (non-hydrogen) atoms. The summed E-state index contributed by atoms with van der Waals surface area (Å²) in [6.07, 6.45) is -0.0719. The number of esters is 2. The van der Waals surface area contributed by atoms with Gasteiger partial charge in [0.15, 0.2) is 0 Å². The van der Waals surface area contributed by atoms with E-state index in [1.807, 2.05) is 12.1 Å². The number of methoxy groups -OCH3 is 1. The summed E-state index contributed by atoms with van der Waals surface area (Å²) in [7, 11) is 1.59. The first-order chi connectivity index (χ1) is 11.9. The lowest BCUT2D eigenvalue weighted by Gasteiger charge is -2.29. The summed E-state index contributed by atoms with van der Waals surface area (Å²) < 4.78 is 15.1. The average Bonchev–Trinajstić information content (AvgIpc) is 2.56. The highest BCUT2D eigenvalue weighted by atomic mass is 16.6. The Morgan fingerprint density at radius 3 is 1.84 bits per heavy atom. The molecule has 0 atom stereocenters. The Kier molecular flexibility index (Phi) is 8.07. The first-order valence-electron chi connectivity index (χ1n) is 8.09. The van der Waals surface area contributed by atoms with Crippen molar-refractivity contribution < 1.29 is 28.6 Å². The van der Waals surface area contributed by atoms with Crippen molar-refractivity contribution in [3.63, 3.8) is 0 Å². The Morgan fingerprint density at radius 1 is 0.960 bits per heavy atom. The van der Waals surface area contributed by atoms with E-state index < -0.39 is 23.4 Å². The zero-order chi connectivity index (χ0) is 18.9. The Bertz CT molecular complexity index is 578. The van der Waals surface area contributed by atoms with Crippen LogP contribution in [0.5, 0.6) is 0 Å². The lowest BCUT2D eigenvalue weighted by atomic mass is 9.90. The van der Waals surface area contributed by atoms with Gasteiger partial charge in [0.05, 0.1) is 19.8 Å².